The van der Waals surface area contributed by atoms with Crippen molar-refractivity contribution >= 4 is 28.4 Å². The lowest BCUT2D eigenvalue weighted by Crippen LogP contribution is -2.45. The Morgan fingerprint density at radius 1 is 1.00 bits per heavy atom. The largest absolute Gasteiger partial charge is 0.361 e. The van der Waals surface area contributed by atoms with Crippen LogP contribution in [0.15, 0.2) is 54.7 Å². The number of benzene rings is 2. The molecule has 0 spiro atoms. The lowest BCUT2D eigenvalue weighted by atomic mass is 9.90. The van der Waals surface area contributed by atoms with Gasteiger partial charge in [0.1, 0.15) is 5.41 Å². The molecule has 5 nitrogen and oxygen atoms in total. The van der Waals surface area contributed by atoms with Crippen LogP contribution in [0.4, 0.5) is 5.69 Å². The van der Waals surface area contributed by atoms with Crippen molar-refractivity contribution in [3.8, 4) is 0 Å². The highest BCUT2D eigenvalue weighted by Crippen LogP contribution is 2.26. The number of aromatic amines is 1. The van der Waals surface area contributed by atoms with Gasteiger partial charge in [0.25, 0.3) is 0 Å². The normalized spacial score (nSPS) is 11.6. The third kappa shape index (κ3) is 4.50. The molecule has 2 aromatic carbocycles. The van der Waals surface area contributed by atoms with Crippen molar-refractivity contribution in [1.82, 2.24) is 10.3 Å². The molecule has 0 bridgehead atoms. The molecule has 3 rings (SSSR count). The minimum Gasteiger partial charge on any atom is -0.361 e. The molecular formula is C24H29N3O2. The first-order valence-corrected chi connectivity index (χ1v) is 10.0. The average Bonchev–Trinajstić information content (AvgIpc) is 3.11. The molecule has 1 heterocycles. The highest BCUT2D eigenvalue weighted by atomic mass is 16.2. The van der Waals surface area contributed by atoms with Crippen LogP contribution >= 0.6 is 0 Å². The van der Waals surface area contributed by atoms with E-state index in [9.17, 15) is 9.59 Å². The maximum Gasteiger partial charge on any atom is 0.239 e. The zero-order valence-corrected chi connectivity index (χ0v) is 17.5. The molecule has 0 atom stereocenters. The minimum atomic E-state index is -1.18. The molecule has 0 saturated heterocycles. The third-order valence-electron chi connectivity index (χ3n) is 5.32. The third-order valence-corrected chi connectivity index (χ3v) is 5.32. The minimum absolute atomic E-state index is 0.277. The fraction of sp³-hybridized carbons (Fsp3) is 0.333. The number of H-pyrrole nitrogens is 1. The van der Waals surface area contributed by atoms with Gasteiger partial charge in [-0.25, -0.2) is 0 Å². The fourth-order valence-corrected chi connectivity index (χ4v) is 3.37. The summed E-state index contributed by atoms with van der Waals surface area (Å²) in [4.78, 5) is 28.8. The SMILES string of the molecule is CC(C)c1ccccc1NC(=O)C(C)(C)C(=O)NCCc1c[nH]c2ccccc12. The summed E-state index contributed by atoms with van der Waals surface area (Å²) < 4.78 is 0. The van der Waals surface area contributed by atoms with Gasteiger partial charge >= 0.3 is 0 Å². The van der Waals surface area contributed by atoms with Crippen LogP contribution in [0.1, 0.15) is 44.7 Å². The van der Waals surface area contributed by atoms with Crippen LogP contribution in [0.3, 0.4) is 0 Å². The van der Waals surface area contributed by atoms with Gasteiger partial charge in [-0.1, -0.05) is 50.2 Å². The van der Waals surface area contributed by atoms with Crippen molar-refractivity contribution < 1.29 is 9.59 Å². The second-order valence-corrected chi connectivity index (χ2v) is 8.19. The Balaban J connectivity index is 1.61. The second kappa shape index (κ2) is 8.52. The summed E-state index contributed by atoms with van der Waals surface area (Å²) in [5.74, 6) is -0.313. The lowest BCUT2D eigenvalue weighted by molar-refractivity contribution is -0.138. The van der Waals surface area contributed by atoms with Crippen LogP contribution in [-0.4, -0.2) is 23.3 Å². The molecule has 3 N–H and O–H groups in total. The molecule has 0 aliphatic rings. The summed E-state index contributed by atoms with van der Waals surface area (Å²) in [6.45, 7) is 7.93. The van der Waals surface area contributed by atoms with Crippen molar-refractivity contribution in [2.24, 2.45) is 5.41 Å². The van der Waals surface area contributed by atoms with Crippen molar-refractivity contribution in [2.45, 2.75) is 40.0 Å². The summed E-state index contributed by atoms with van der Waals surface area (Å²) in [6, 6.07) is 15.8. The van der Waals surface area contributed by atoms with Crippen LogP contribution < -0.4 is 10.6 Å². The molecule has 0 unspecified atom stereocenters. The molecule has 1 aromatic heterocycles. The van der Waals surface area contributed by atoms with E-state index in [0.717, 1.165) is 27.7 Å². The Bertz CT molecular complexity index is 1020. The van der Waals surface area contributed by atoms with Crippen LogP contribution in [0.5, 0.6) is 0 Å². The summed E-state index contributed by atoms with van der Waals surface area (Å²) in [6.07, 6.45) is 2.67. The van der Waals surface area contributed by atoms with Crippen molar-refractivity contribution in [3.05, 3.63) is 65.9 Å². The number of amides is 2. The monoisotopic (exact) mass is 391 g/mol. The Morgan fingerprint density at radius 3 is 2.45 bits per heavy atom. The topological polar surface area (TPSA) is 74.0 Å². The number of hydrogen-bond acceptors (Lipinski definition) is 2. The van der Waals surface area contributed by atoms with Gasteiger partial charge in [-0.2, -0.15) is 0 Å². The second-order valence-electron chi connectivity index (χ2n) is 8.19. The number of anilines is 1. The van der Waals surface area contributed by atoms with Gasteiger partial charge in [0.2, 0.25) is 11.8 Å². The Labute approximate surface area is 171 Å². The highest BCUT2D eigenvalue weighted by molar-refractivity contribution is 6.10. The first-order chi connectivity index (χ1) is 13.8. The molecule has 3 aromatic rings. The summed E-state index contributed by atoms with van der Waals surface area (Å²) >= 11 is 0. The lowest BCUT2D eigenvalue weighted by Gasteiger charge is -2.24. The van der Waals surface area contributed by atoms with Crippen LogP contribution in [0, 0.1) is 5.41 Å². The number of hydrogen-bond donors (Lipinski definition) is 3. The predicted octanol–water partition coefficient (Wildman–Crippen LogP) is 4.61. The number of nitrogens with one attached hydrogen (secondary N) is 3. The molecule has 152 valence electrons. The summed E-state index contributed by atoms with van der Waals surface area (Å²) in [5.41, 5.74) is 2.86. The van der Waals surface area contributed by atoms with Gasteiger partial charge in [-0.3, -0.25) is 9.59 Å². The molecule has 5 heteroatoms. The van der Waals surface area contributed by atoms with Gasteiger partial charge in [0.05, 0.1) is 0 Å². The first-order valence-electron chi connectivity index (χ1n) is 10.0. The molecule has 0 saturated carbocycles. The van der Waals surface area contributed by atoms with E-state index in [4.69, 9.17) is 0 Å². The predicted molar refractivity (Wildman–Crippen MR) is 118 cm³/mol. The van der Waals surface area contributed by atoms with Gasteiger partial charge in [-0.15, -0.1) is 0 Å². The van der Waals surface area contributed by atoms with E-state index in [0.29, 0.717) is 13.0 Å². The first kappa shape index (κ1) is 20.6. The standard InChI is InChI=1S/C24H29N3O2/c1-16(2)18-9-5-8-12-21(18)27-23(29)24(3,4)22(28)25-14-13-17-15-26-20-11-7-6-10-19(17)20/h5-12,15-16,26H,13-14H2,1-4H3,(H,25,28)(H,27,29). The zero-order valence-electron chi connectivity index (χ0n) is 17.5. The molecule has 0 aliphatic carbocycles. The van der Waals surface area contributed by atoms with Gasteiger partial charge in [-0.05, 0) is 49.4 Å². The van der Waals surface area contributed by atoms with Crippen molar-refractivity contribution in [3.63, 3.8) is 0 Å². The van der Waals surface area contributed by atoms with Crippen molar-refractivity contribution in [2.75, 3.05) is 11.9 Å². The average molecular weight is 392 g/mol. The summed E-state index contributed by atoms with van der Waals surface area (Å²) in [7, 11) is 0. The molecule has 2 amide bonds. The number of fused-ring (bicyclic) bond motifs is 1. The molecule has 0 aliphatic heterocycles. The summed E-state index contributed by atoms with van der Waals surface area (Å²) in [5, 5.41) is 7.01. The molecule has 29 heavy (non-hydrogen) atoms. The van der Waals surface area contributed by atoms with Crippen LogP contribution in [0.25, 0.3) is 10.9 Å². The van der Waals surface area contributed by atoms with Crippen LogP contribution in [-0.2, 0) is 16.0 Å². The quantitative estimate of drug-likeness (QED) is 0.514. The smallest absolute Gasteiger partial charge is 0.239 e. The molecule has 0 radical (unpaired) electrons. The van der Waals surface area contributed by atoms with E-state index in [2.05, 4.69) is 35.5 Å². The Morgan fingerprint density at radius 2 is 1.69 bits per heavy atom. The number of carbonyl (C=O) groups is 2. The zero-order chi connectivity index (χ0) is 21.0. The number of aromatic nitrogens is 1. The van der Waals surface area contributed by atoms with Gasteiger partial charge in [0.15, 0.2) is 0 Å². The van der Waals surface area contributed by atoms with Gasteiger partial charge in [0, 0.05) is 29.3 Å². The van der Waals surface area contributed by atoms with E-state index in [-0.39, 0.29) is 17.7 Å². The number of rotatable bonds is 7. The van der Waals surface area contributed by atoms with E-state index >= 15 is 0 Å². The van der Waals surface area contributed by atoms with Gasteiger partial charge < -0.3 is 15.6 Å². The van der Waals surface area contributed by atoms with E-state index in [1.54, 1.807) is 13.8 Å². The highest BCUT2D eigenvalue weighted by Gasteiger charge is 2.36. The maximum atomic E-state index is 12.8. The van der Waals surface area contributed by atoms with Crippen molar-refractivity contribution in [1.29, 1.82) is 0 Å². The molecule has 0 fully saturated rings. The Kier molecular flexibility index (Phi) is 6.06. The molecular weight excluding hydrogens is 362 g/mol. The van der Waals surface area contributed by atoms with E-state index < -0.39 is 5.41 Å². The number of para-hydroxylation sites is 2. The van der Waals surface area contributed by atoms with Crippen LogP contribution in [0.2, 0.25) is 0 Å². The Hall–Kier alpha value is -3.08. The van der Waals surface area contributed by atoms with E-state index in [1.165, 1.54) is 0 Å². The fourth-order valence-electron chi connectivity index (χ4n) is 3.37. The maximum absolute atomic E-state index is 12.8. The number of carbonyl (C=O) groups excluding carboxylic acids is 2. The van der Waals surface area contributed by atoms with E-state index in [1.807, 2.05) is 48.7 Å².